The molecule has 3 nitrogen and oxygen atoms in total. The Balaban J connectivity index is 1.68. The monoisotopic (exact) mass is 350 g/mol. The normalized spacial score (nSPS) is 17.2. The van der Waals surface area contributed by atoms with Crippen LogP contribution in [0.5, 0.6) is 0 Å². The fourth-order valence-electron chi connectivity index (χ4n) is 2.60. The maximum absolute atomic E-state index is 13.3. The van der Waals surface area contributed by atoms with Gasteiger partial charge in [-0.1, -0.05) is 19.1 Å². The van der Waals surface area contributed by atoms with Gasteiger partial charge in [0, 0.05) is 5.92 Å². The van der Waals surface area contributed by atoms with E-state index in [1.165, 1.54) is 24.3 Å². The maximum atomic E-state index is 13.3. The first kappa shape index (κ1) is 17.5. The van der Waals surface area contributed by atoms with Crippen molar-refractivity contribution in [2.45, 2.75) is 19.4 Å². The van der Waals surface area contributed by atoms with Crippen molar-refractivity contribution in [3.63, 3.8) is 0 Å². The van der Waals surface area contributed by atoms with Crippen LogP contribution in [0.2, 0.25) is 0 Å². The van der Waals surface area contributed by atoms with Crippen LogP contribution in [0.4, 0.5) is 13.2 Å². The molecule has 6 heteroatoms. The Kier molecular flexibility index (Phi) is 5.08. The number of carbonyl (C=O) groups excluding carboxylic acids is 1. The summed E-state index contributed by atoms with van der Waals surface area (Å²) < 4.78 is 50.2. The summed E-state index contributed by atoms with van der Waals surface area (Å²) in [6, 6.07) is 7.89. The van der Waals surface area contributed by atoms with Crippen molar-refractivity contribution in [3.05, 3.63) is 59.4 Å². The van der Waals surface area contributed by atoms with Crippen molar-refractivity contribution in [1.82, 2.24) is 0 Å². The van der Waals surface area contributed by atoms with Crippen molar-refractivity contribution in [1.29, 1.82) is 0 Å². The fraction of sp³-hybridized carbons (Fsp3) is 0.316. The second-order valence-corrected chi connectivity index (χ2v) is 5.97. The summed E-state index contributed by atoms with van der Waals surface area (Å²) in [6.07, 6.45) is 1.03. The maximum Gasteiger partial charge on any atom is 0.338 e. The highest BCUT2D eigenvalue weighted by atomic mass is 19.2. The molecular formula is C19H17F3O3. The molecule has 2 unspecified atom stereocenters. The highest BCUT2D eigenvalue weighted by molar-refractivity contribution is 5.90. The molecule has 3 rings (SSSR count). The molecular weight excluding hydrogens is 333 g/mol. The third kappa shape index (κ3) is 4.02. The Bertz CT molecular complexity index is 747. The number of hydrogen-bond donors (Lipinski definition) is 0. The van der Waals surface area contributed by atoms with Gasteiger partial charge in [0.2, 0.25) is 0 Å². The number of benzene rings is 2. The molecule has 2 aromatic carbocycles. The molecule has 0 spiro atoms. The largest absolute Gasteiger partial charge is 0.462 e. The Hall–Kier alpha value is -2.34. The molecule has 2 atom stereocenters. The van der Waals surface area contributed by atoms with E-state index >= 15 is 0 Å². The highest BCUT2D eigenvalue weighted by Crippen LogP contribution is 2.25. The van der Waals surface area contributed by atoms with Crippen LogP contribution in [0, 0.1) is 23.4 Å². The van der Waals surface area contributed by atoms with Gasteiger partial charge >= 0.3 is 5.97 Å². The number of rotatable bonds is 6. The molecule has 0 bridgehead atoms. The molecule has 132 valence electrons. The highest BCUT2D eigenvalue weighted by Gasteiger charge is 2.32. The lowest BCUT2D eigenvalue weighted by Crippen LogP contribution is -2.18. The van der Waals surface area contributed by atoms with Gasteiger partial charge in [0.05, 0.1) is 24.9 Å². The van der Waals surface area contributed by atoms with E-state index in [9.17, 15) is 18.0 Å². The SMILES string of the molecule is CCC(COC(=O)c1ccc(-c2cc(F)c(F)c(F)c2)cc1)C1CO1. The number of halogens is 3. The zero-order valence-corrected chi connectivity index (χ0v) is 13.6. The van der Waals surface area contributed by atoms with Crippen LogP contribution in [-0.4, -0.2) is 25.3 Å². The number of carbonyl (C=O) groups is 1. The Morgan fingerprint density at radius 2 is 1.76 bits per heavy atom. The van der Waals surface area contributed by atoms with Crippen LogP contribution < -0.4 is 0 Å². The van der Waals surface area contributed by atoms with E-state index < -0.39 is 23.4 Å². The van der Waals surface area contributed by atoms with Crippen molar-refractivity contribution in [3.8, 4) is 11.1 Å². The summed E-state index contributed by atoms with van der Waals surface area (Å²) in [4.78, 5) is 12.1. The van der Waals surface area contributed by atoms with E-state index in [0.29, 0.717) is 17.7 Å². The summed E-state index contributed by atoms with van der Waals surface area (Å²) >= 11 is 0. The standard InChI is InChI=1S/C19H17F3O3/c1-2-11(17-10-24-17)9-25-19(23)13-5-3-12(4-6-13)14-7-15(20)18(22)16(21)8-14/h3-8,11,17H,2,9-10H2,1H3. The molecule has 1 aliphatic heterocycles. The van der Waals surface area contributed by atoms with Crippen LogP contribution in [-0.2, 0) is 9.47 Å². The van der Waals surface area contributed by atoms with Crippen molar-refractivity contribution < 1.29 is 27.4 Å². The van der Waals surface area contributed by atoms with Gasteiger partial charge in [0.1, 0.15) is 0 Å². The number of ether oxygens (including phenoxy) is 2. The molecule has 1 aliphatic rings. The third-order valence-electron chi connectivity index (χ3n) is 4.28. The number of hydrogen-bond acceptors (Lipinski definition) is 3. The first-order valence-electron chi connectivity index (χ1n) is 8.03. The van der Waals surface area contributed by atoms with Gasteiger partial charge in [-0.15, -0.1) is 0 Å². The molecule has 0 N–H and O–H groups in total. The Morgan fingerprint density at radius 1 is 1.16 bits per heavy atom. The van der Waals surface area contributed by atoms with Crippen molar-refractivity contribution in [2.75, 3.05) is 13.2 Å². The average molecular weight is 350 g/mol. The second-order valence-electron chi connectivity index (χ2n) is 5.97. The molecule has 1 saturated heterocycles. The smallest absolute Gasteiger partial charge is 0.338 e. The minimum Gasteiger partial charge on any atom is -0.462 e. The van der Waals surface area contributed by atoms with Crippen LogP contribution in [0.1, 0.15) is 23.7 Å². The lowest BCUT2D eigenvalue weighted by atomic mass is 10.0. The van der Waals surface area contributed by atoms with E-state index in [4.69, 9.17) is 9.47 Å². The van der Waals surface area contributed by atoms with E-state index in [1.54, 1.807) is 0 Å². The van der Waals surface area contributed by atoms with E-state index in [2.05, 4.69) is 0 Å². The molecule has 0 radical (unpaired) electrons. The zero-order chi connectivity index (χ0) is 18.0. The molecule has 1 fully saturated rings. The molecule has 0 saturated carbocycles. The molecule has 0 aliphatic carbocycles. The topological polar surface area (TPSA) is 38.8 Å². The van der Waals surface area contributed by atoms with Gasteiger partial charge in [0.15, 0.2) is 17.5 Å². The van der Waals surface area contributed by atoms with Crippen LogP contribution in [0.25, 0.3) is 11.1 Å². The molecule has 0 amide bonds. The molecule has 0 aromatic heterocycles. The van der Waals surface area contributed by atoms with Crippen LogP contribution >= 0.6 is 0 Å². The summed E-state index contributed by atoms with van der Waals surface area (Å²) in [5.74, 6) is -4.30. The lowest BCUT2D eigenvalue weighted by Gasteiger charge is -2.12. The zero-order valence-electron chi connectivity index (χ0n) is 13.6. The summed E-state index contributed by atoms with van der Waals surface area (Å²) in [7, 11) is 0. The summed E-state index contributed by atoms with van der Waals surface area (Å²) in [5, 5.41) is 0. The second kappa shape index (κ2) is 7.27. The predicted molar refractivity (Wildman–Crippen MR) is 85.6 cm³/mol. The van der Waals surface area contributed by atoms with Gasteiger partial charge in [-0.25, -0.2) is 18.0 Å². The quantitative estimate of drug-likeness (QED) is 0.442. The van der Waals surface area contributed by atoms with Crippen molar-refractivity contribution >= 4 is 5.97 Å². The van der Waals surface area contributed by atoms with Crippen LogP contribution in [0.15, 0.2) is 36.4 Å². The van der Waals surface area contributed by atoms with Gasteiger partial charge in [-0.2, -0.15) is 0 Å². The van der Waals surface area contributed by atoms with E-state index in [1.807, 2.05) is 6.92 Å². The van der Waals surface area contributed by atoms with E-state index in [0.717, 1.165) is 18.6 Å². The summed E-state index contributed by atoms with van der Waals surface area (Å²) in [6.45, 7) is 3.00. The first-order valence-corrected chi connectivity index (χ1v) is 8.03. The minimum atomic E-state index is -1.51. The number of epoxide rings is 1. The van der Waals surface area contributed by atoms with Gasteiger partial charge < -0.3 is 9.47 Å². The predicted octanol–water partition coefficient (Wildman–Crippen LogP) is 4.35. The van der Waals surface area contributed by atoms with E-state index in [-0.39, 0.29) is 24.2 Å². The molecule has 1 heterocycles. The Labute approximate surface area is 143 Å². The third-order valence-corrected chi connectivity index (χ3v) is 4.28. The minimum absolute atomic E-state index is 0.170. The number of esters is 1. The van der Waals surface area contributed by atoms with Gasteiger partial charge in [-0.05, 0) is 41.8 Å². The average Bonchev–Trinajstić information content (AvgIpc) is 3.45. The van der Waals surface area contributed by atoms with Crippen LogP contribution in [0.3, 0.4) is 0 Å². The van der Waals surface area contributed by atoms with Gasteiger partial charge in [-0.3, -0.25) is 0 Å². The lowest BCUT2D eigenvalue weighted by molar-refractivity contribution is 0.0414. The first-order chi connectivity index (χ1) is 12.0. The Morgan fingerprint density at radius 3 is 2.28 bits per heavy atom. The molecule has 2 aromatic rings. The molecule has 25 heavy (non-hydrogen) atoms. The van der Waals surface area contributed by atoms with Crippen molar-refractivity contribution in [2.24, 2.45) is 5.92 Å². The summed E-state index contributed by atoms with van der Waals surface area (Å²) in [5.41, 5.74) is 0.985. The fourth-order valence-corrected chi connectivity index (χ4v) is 2.60. The van der Waals surface area contributed by atoms with Gasteiger partial charge in [0.25, 0.3) is 0 Å².